The van der Waals surface area contributed by atoms with Gasteiger partial charge in [0.1, 0.15) is 0 Å². The van der Waals surface area contributed by atoms with Gasteiger partial charge in [-0.05, 0) is 54.5 Å². The summed E-state index contributed by atoms with van der Waals surface area (Å²) >= 11 is 0. The molecule has 0 spiro atoms. The molecule has 0 bridgehead atoms. The molecule has 3 aromatic carbocycles. The number of carbonyl (C=O) groups excluding carboxylic acids is 1. The highest BCUT2D eigenvalue weighted by Gasteiger charge is 2.40. The van der Waals surface area contributed by atoms with Gasteiger partial charge in [0.15, 0.2) is 0 Å². The maximum absolute atomic E-state index is 12.9. The van der Waals surface area contributed by atoms with E-state index < -0.39 is 5.41 Å². The van der Waals surface area contributed by atoms with Crippen LogP contribution in [0.15, 0.2) is 78.9 Å². The molecular weight excluding hydrogens is 394 g/mol. The Balaban J connectivity index is 2.19. The van der Waals surface area contributed by atoms with Crippen LogP contribution in [0, 0.1) is 5.41 Å². The Labute approximate surface area is 192 Å². The SMILES string of the molecule is CCc1ccccc1C(N[C@@H](c1ccccc1)C(C)(C)C(=O)OC)c1ccccc1CC. The van der Waals surface area contributed by atoms with Gasteiger partial charge in [0.05, 0.1) is 18.6 Å². The summed E-state index contributed by atoms with van der Waals surface area (Å²) in [6.07, 6.45) is 1.89. The number of ether oxygens (including phenoxy) is 1. The third-order valence-corrected chi connectivity index (χ3v) is 6.39. The lowest BCUT2D eigenvalue weighted by atomic mass is 9.78. The predicted octanol–water partition coefficient (Wildman–Crippen LogP) is 6.43. The van der Waals surface area contributed by atoms with Gasteiger partial charge in [-0.3, -0.25) is 10.1 Å². The van der Waals surface area contributed by atoms with Crippen molar-refractivity contribution in [2.24, 2.45) is 5.41 Å². The van der Waals surface area contributed by atoms with E-state index in [1.807, 2.05) is 32.0 Å². The van der Waals surface area contributed by atoms with E-state index in [2.05, 4.69) is 79.8 Å². The average molecular weight is 430 g/mol. The number of hydrogen-bond donors (Lipinski definition) is 1. The van der Waals surface area contributed by atoms with E-state index in [1.165, 1.54) is 29.4 Å². The smallest absolute Gasteiger partial charge is 0.313 e. The average Bonchev–Trinajstić information content (AvgIpc) is 2.84. The van der Waals surface area contributed by atoms with E-state index in [0.29, 0.717) is 0 Å². The lowest BCUT2D eigenvalue weighted by Gasteiger charge is -2.37. The van der Waals surface area contributed by atoms with Crippen molar-refractivity contribution < 1.29 is 9.53 Å². The zero-order valence-electron chi connectivity index (χ0n) is 19.9. The van der Waals surface area contributed by atoms with Crippen molar-refractivity contribution in [2.45, 2.75) is 52.6 Å². The monoisotopic (exact) mass is 429 g/mol. The fourth-order valence-corrected chi connectivity index (χ4v) is 4.54. The van der Waals surface area contributed by atoms with Crippen molar-refractivity contribution in [1.29, 1.82) is 0 Å². The molecule has 0 aliphatic heterocycles. The first-order valence-electron chi connectivity index (χ1n) is 11.5. The summed E-state index contributed by atoms with van der Waals surface area (Å²) in [7, 11) is 1.46. The molecule has 0 amide bonds. The summed E-state index contributed by atoms with van der Waals surface area (Å²) in [6.45, 7) is 8.29. The molecule has 0 aliphatic carbocycles. The number of methoxy groups -OCH3 is 1. The van der Waals surface area contributed by atoms with Crippen LogP contribution in [0.3, 0.4) is 0 Å². The second kappa shape index (κ2) is 10.6. The molecule has 0 saturated carbocycles. The molecule has 0 fully saturated rings. The Kier molecular flexibility index (Phi) is 7.87. The van der Waals surface area contributed by atoms with Gasteiger partial charge in [-0.15, -0.1) is 0 Å². The maximum Gasteiger partial charge on any atom is 0.313 e. The highest BCUT2D eigenvalue weighted by molar-refractivity contribution is 5.77. The standard InChI is InChI=1S/C29H35NO2/c1-6-21-15-11-13-19-24(21)26(25-20-14-12-16-22(25)7-2)30-27(23-17-9-8-10-18-23)29(3,4)28(31)32-5/h8-20,26-27,30H,6-7H2,1-5H3/t27-/m0/s1. The molecule has 32 heavy (non-hydrogen) atoms. The number of esters is 1. The van der Waals surface area contributed by atoms with E-state index in [-0.39, 0.29) is 18.1 Å². The molecule has 1 N–H and O–H groups in total. The Morgan fingerprint density at radius 3 is 1.75 bits per heavy atom. The molecule has 168 valence electrons. The van der Waals surface area contributed by atoms with Crippen LogP contribution in [0.4, 0.5) is 0 Å². The van der Waals surface area contributed by atoms with Crippen molar-refractivity contribution in [3.05, 3.63) is 107 Å². The zero-order valence-corrected chi connectivity index (χ0v) is 19.9. The Morgan fingerprint density at radius 1 is 0.812 bits per heavy atom. The normalized spacial score (nSPS) is 12.6. The van der Waals surface area contributed by atoms with Gasteiger partial charge in [-0.1, -0.05) is 92.7 Å². The number of benzene rings is 3. The van der Waals surface area contributed by atoms with E-state index in [0.717, 1.165) is 18.4 Å². The molecule has 3 rings (SSSR count). The topological polar surface area (TPSA) is 38.3 Å². The minimum Gasteiger partial charge on any atom is -0.469 e. The van der Waals surface area contributed by atoms with Gasteiger partial charge in [0.25, 0.3) is 0 Å². The molecule has 3 nitrogen and oxygen atoms in total. The second-order valence-corrected chi connectivity index (χ2v) is 8.76. The lowest BCUT2D eigenvalue weighted by Crippen LogP contribution is -2.42. The van der Waals surface area contributed by atoms with Crippen LogP contribution in [-0.4, -0.2) is 13.1 Å². The number of aryl methyl sites for hydroxylation is 2. The van der Waals surface area contributed by atoms with Crippen molar-refractivity contribution in [3.8, 4) is 0 Å². The first-order chi connectivity index (χ1) is 15.4. The number of rotatable bonds is 9. The second-order valence-electron chi connectivity index (χ2n) is 8.76. The van der Waals surface area contributed by atoms with Crippen molar-refractivity contribution >= 4 is 5.97 Å². The highest BCUT2D eigenvalue weighted by Crippen LogP contribution is 2.39. The molecule has 0 aliphatic rings. The number of hydrogen-bond acceptors (Lipinski definition) is 3. The van der Waals surface area contributed by atoms with Crippen LogP contribution in [0.1, 0.15) is 67.6 Å². The molecule has 0 heterocycles. The van der Waals surface area contributed by atoms with Crippen LogP contribution in [0.2, 0.25) is 0 Å². The van der Waals surface area contributed by atoms with Gasteiger partial charge in [-0.2, -0.15) is 0 Å². The predicted molar refractivity (Wildman–Crippen MR) is 132 cm³/mol. The van der Waals surface area contributed by atoms with Gasteiger partial charge in [-0.25, -0.2) is 0 Å². The largest absolute Gasteiger partial charge is 0.469 e. The number of carbonyl (C=O) groups is 1. The van der Waals surface area contributed by atoms with Gasteiger partial charge < -0.3 is 4.74 Å². The minimum atomic E-state index is -0.767. The summed E-state index contributed by atoms with van der Waals surface area (Å²) in [5.74, 6) is -0.231. The van der Waals surface area contributed by atoms with Gasteiger partial charge >= 0.3 is 5.97 Å². The first kappa shape index (κ1) is 23.7. The fourth-order valence-electron chi connectivity index (χ4n) is 4.54. The first-order valence-corrected chi connectivity index (χ1v) is 11.5. The highest BCUT2D eigenvalue weighted by atomic mass is 16.5. The van der Waals surface area contributed by atoms with Crippen LogP contribution in [0.25, 0.3) is 0 Å². The van der Waals surface area contributed by atoms with Crippen molar-refractivity contribution in [3.63, 3.8) is 0 Å². The molecule has 1 atom stereocenters. The fraction of sp³-hybridized carbons (Fsp3) is 0.345. The molecule has 0 unspecified atom stereocenters. The Bertz CT molecular complexity index is 979. The molecule has 3 heteroatoms. The summed E-state index contributed by atoms with van der Waals surface area (Å²) in [6, 6.07) is 27.1. The zero-order chi connectivity index (χ0) is 23.1. The van der Waals surface area contributed by atoms with Crippen LogP contribution < -0.4 is 5.32 Å². The Hall–Kier alpha value is -2.91. The van der Waals surface area contributed by atoms with Crippen molar-refractivity contribution in [1.82, 2.24) is 5.32 Å². The summed E-state index contributed by atoms with van der Waals surface area (Å²) < 4.78 is 5.22. The molecule has 0 saturated heterocycles. The van der Waals surface area contributed by atoms with Crippen LogP contribution in [0.5, 0.6) is 0 Å². The quantitative estimate of drug-likeness (QED) is 0.398. The van der Waals surface area contributed by atoms with Crippen molar-refractivity contribution in [2.75, 3.05) is 7.11 Å². The lowest BCUT2D eigenvalue weighted by molar-refractivity contribution is -0.152. The summed E-state index contributed by atoms with van der Waals surface area (Å²) in [5, 5.41) is 3.91. The van der Waals surface area contributed by atoms with E-state index >= 15 is 0 Å². The van der Waals surface area contributed by atoms with Gasteiger partial charge in [0, 0.05) is 6.04 Å². The number of nitrogens with one attached hydrogen (secondary N) is 1. The van der Waals surface area contributed by atoms with E-state index in [1.54, 1.807) is 0 Å². The Morgan fingerprint density at radius 2 is 1.28 bits per heavy atom. The van der Waals surface area contributed by atoms with Crippen LogP contribution >= 0.6 is 0 Å². The van der Waals surface area contributed by atoms with E-state index in [4.69, 9.17) is 4.74 Å². The third kappa shape index (κ3) is 4.94. The molecule has 0 aromatic heterocycles. The van der Waals surface area contributed by atoms with Gasteiger partial charge in [0.2, 0.25) is 0 Å². The van der Waals surface area contributed by atoms with E-state index in [9.17, 15) is 4.79 Å². The van der Waals surface area contributed by atoms with Crippen LogP contribution in [-0.2, 0) is 22.4 Å². The third-order valence-electron chi connectivity index (χ3n) is 6.39. The molecular formula is C29H35NO2. The summed E-state index contributed by atoms with van der Waals surface area (Å²) in [4.78, 5) is 12.9. The summed E-state index contributed by atoms with van der Waals surface area (Å²) in [5.41, 5.74) is 5.40. The molecule has 3 aromatic rings. The minimum absolute atomic E-state index is 0.0589. The molecule has 0 radical (unpaired) electrons. The maximum atomic E-state index is 12.9.